The van der Waals surface area contributed by atoms with Gasteiger partial charge in [-0.1, -0.05) is 30.3 Å². The molecule has 2 N–H and O–H groups in total. The van der Waals surface area contributed by atoms with Crippen LogP contribution in [0.15, 0.2) is 52.9 Å². The van der Waals surface area contributed by atoms with E-state index >= 15 is 0 Å². The van der Waals surface area contributed by atoms with Gasteiger partial charge in [0.15, 0.2) is 0 Å². The van der Waals surface area contributed by atoms with Gasteiger partial charge in [-0.3, -0.25) is 14.4 Å². The highest BCUT2D eigenvalue weighted by Crippen LogP contribution is 2.12. The minimum absolute atomic E-state index is 0.0608. The number of carbonyl (C=O) groups is 2. The van der Waals surface area contributed by atoms with Gasteiger partial charge in [-0.2, -0.15) is 0 Å². The number of amides is 2. The molecule has 1 aromatic carbocycles. The number of aromatic nitrogens is 2. The van der Waals surface area contributed by atoms with Crippen LogP contribution >= 0.6 is 11.3 Å². The lowest BCUT2D eigenvalue weighted by atomic mass is 10.1. The molecule has 0 saturated carbocycles. The quantitative estimate of drug-likeness (QED) is 0.623. The molecule has 29 heavy (non-hydrogen) atoms. The molecule has 0 unspecified atom stereocenters. The average Bonchev–Trinajstić information content (AvgIpc) is 3.14. The van der Waals surface area contributed by atoms with Gasteiger partial charge in [0, 0.05) is 31.1 Å². The molecule has 3 rings (SSSR count). The molecule has 0 atom stereocenters. The number of hydrogen-bond donors (Lipinski definition) is 2. The van der Waals surface area contributed by atoms with Crippen molar-refractivity contribution >= 4 is 23.2 Å². The molecule has 0 fully saturated rings. The Kier molecular flexibility index (Phi) is 6.56. The fraction of sp³-hybridized carbons (Fsp3) is 0.238. The number of hydrogen-bond acceptors (Lipinski definition) is 5. The first-order chi connectivity index (χ1) is 14.0. The highest BCUT2D eigenvalue weighted by Gasteiger charge is 2.17. The number of aryl methyl sites for hydroxylation is 1. The molecule has 0 spiro atoms. The molecular weight excluding hydrogens is 388 g/mol. The second-order valence-electron chi connectivity index (χ2n) is 6.51. The normalized spacial score (nSPS) is 10.6. The zero-order valence-electron chi connectivity index (χ0n) is 16.3. The SMILES string of the molecule is CNC(=O)c1cc(C(=O)NCCc2scnc2C)cn(Cc2ccccc2)c1=O. The molecule has 2 heterocycles. The lowest BCUT2D eigenvalue weighted by Crippen LogP contribution is -2.34. The van der Waals surface area contributed by atoms with Crippen LogP contribution in [0.5, 0.6) is 0 Å². The van der Waals surface area contributed by atoms with E-state index in [9.17, 15) is 14.4 Å². The summed E-state index contributed by atoms with van der Waals surface area (Å²) in [5, 5.41) is 5.31. The zero-order valence-corrected chi connectivity index (χ0v) is 17.1. The lowest BCUT2D eigenvalue weighted by Gasteiger charge is -2.12. The van der Waals surface area contributed by atoms with Crippen molar-refractivity contribution in [2.24, 2.45) is 0 Å². The van der Waals surface area contributed by atoms with Crippen molar-refractivity contribution in [2.75, 3.05) is 13.6 Å². The van der Waals surface area contributed by atoms with Crippen LogP contribution in [0.3, 0.4) is 0 Å². The summed E-state index contributed by atoms with van der Waals surface area (Å²) in [6.07, 6.45) is 2.17. The van der Waals surface area contributed by atoms with Crippen molar-refractivity contribution in [1.82, 2.24) is 20.2 Å². The summed E-state index contributed by atoms with van der Waals surface area (Å²) in [7, 11) is 1.45. The first-order valence-electron chi connectivity index (χ1n) is 9.17. The number of carbonyl (C=O) groups excluding carboxylic acids is 2. The number of thiazole rings is 1. The number of pyridine rings is 1. The highest BCUT2D eigenvalue weighted by atomic mass is 32.1. The van der Waals surface area contributed by atoms with Crippen LogP contribution in [-0.4, -0.2) is 35.0 Å². The molecule has 2 amide bonds. The Morgan fingerprint density at radius 1 is 1.17 bits per heavy atom. The van der Waals surface area contributed by atoms with Gasteiger partial charge in [-0.15, -0.1) is 11.3 Å². The number of rotatable bonds is 7. The summed E-state index contributed by atoms with van der Waals surface area (Å²) in [5.74, 6) is -0.856. The standard InChI is InChI=1S/C21H22N4O3S/c1-14-18(29-13-24-14)8-9-23-19(26)16-10-17(20(27)22-2)21(28)25(12-16)11-15-6-4-3-5-7-15/h3-7,10,12-13H,8-9,11H2,1-2H3,(H,22,27)(H,23,26). The Bertz CT molecular complexity index is 1070. The third kappa shape index (κ3) is 4.97. The third-order valence-corrected chi connectivity index (χ3v) is 5.49. The van der Waals surface area contributed by atoms with Crippen LogP contribution < -0.4 is 16.2 Å². The van der Waals surface area contributed by atoms with E-state index in [4.69, 9.17) is 0 Å². The Hall–Kier alpha value is -3.26. The van der Waals surface area contributed by atoms with E-state index in [2.05, 4.69) is 15.6 Å². The minimum Gasteiger partial charge on any atom is -0.355 e. The second-order valence-corrected chi connectivity index (χ2v) is 7.45. The first kappa shape index (κ1) is 20.5. The van der Waals surface area contributed by atoms with Crippen molar-refractivity contribution in [3.63, 3.8) is 0 Å². The van der Waals surface area contributed by atoms with Crippen molar-refractivity contribution in [1.29, 1.82) is 0 Å². The van der Waals surface area contributed by atoms with E-state index in [0.29, 0.717) is 13.0 Å². The smallest absolute Gasteiger partial charge is 0.263 e. The monoisotopic (exact) mass is 410 g/mol. The molecule has 0 radical (unpaired) electrons. The largest absolute Gasteiger partial charge is 0.355 e. The van der Waals surface area contributed by atoms with E-state index in [1.807, 2.05) is 37.3 Å². The molecule has 0 aliphatic rings. The summed E-state index contributed by atoms with van der Waals surface area (Å²) < 4.78 is 1.39. The number of nitrogens with one attached hydrogen (secondary N) is 2. The molecule has 0 bridgehead atoms. The summed E-state index contributed by atoms with van der Waals surface area (Å²) in [4.78, 5) is 42.9. The van der Waals surface area contributed by atoms with Gasteiger partial charge >= 0.3 is 0 Å². The van der Waals surface area contributed by atoms with Gasteiger partial charge in [0.1, 0.15) is 5.56 Å². The van der Waals surface area contributed by atoms with Crippen molar-refractivity contribution < 1.29 is 9.59 Å². The van der Waals surface area contributed by atoms with E-state index in [1.54, 1.807) is 16.8 Å². The van der Waals surface area contributed by atoms with Gasteiger partial charge < -0.3 is 15.2 Å². The summed E-state index contributed by atoms with van der Waals surface area (Å²) >= 11 is 1.55. The van der Waals surface area contributed by atoms with Gasteiger partial charge in [-0.25, -0.2) is 4.98 Å². The maximum absolute atomic E-state index is 12.7. The van der Waals surface area contributed by atoms with Crippen LogP contribution in [0.1, 0.15) is 36.9 Å². The van der Waals surface area contributed by atoms with Gasteiger partial charge in [-0.05, 0) is 18.6 Å². The number of benzene rings is 1. The Morgan fingerprint density at radius 3 is 2.59 bits per heavy atom. The van der Waals surface area contributed by atoms with Crippen LogP contribution in [0.2, 0.25) is 0 Å². The van der Waals surface area contributed by atoms with Crippen molar-refractivity contribution in [3.05, 3.63) is 85.7 Å². The van der Waals surface area contributed by atoms with Gasteiger partial charge in [0.05, 0.1) is 23.3 Å². The van der Waals surface area contributed by atoms with Crippen molar-refractivity contribution in [3.8, 4) is 0 Å². The van der Waals surface area contributed by atoms with Gasteiger partial charge in [0.2, 0.25) is 0 Å². The highest BCUT2D eigenvalue weighted by molar-refractivity contribution is 7.09. The Labute approximate surface area is 172 Å². The van der Waals surface area contributed by atoms with E-state index in [1.165, 1.54) is 23.9 Å². The topological polar surface area (TPSA) is 93.1 Å². The second kappa shape index (κ2) is 9.29. The molecule has 150 valence electrons. The molecule has 7 nitrogen and oxygen atoms in total. The molecule has 0 aliphatic carbocycles. The van der Waals surface area contributed by atoms with E-state index in [0.717, 1.165) is 16.1 Å². The summed E-state index contributed by atoms with van der Waals surface area (Å²) in [6, 6.07) is 10.7. The molecule has 0 saturated heterocycles. The number of nitrogens with zero attached hydrogens (tertiary/aromatic N) is 2. The van der Waals surface area contributed by atoms with Crippen LogP contribution in [0.25, 0.3) is 0 Å². The molecule has 2 aromatic heterocycles. The predicted octanol–water partition coefficient (Wildman–Crippen LogP) is 1.99. The minimum atomic E-state index is -0.522. The summed E-state index contributed by atoms with van der Waals surface area (Å²) in [6.45, 7) is 2.64. The predicted molar refractivity (Wildman–Crippen MR) is 113 cm³/mol. The average molecular weight is 410 g/mol. The molecular formula is C21H22N4O3S. The van der Waals surface area contributed by atoms with Crippen molar-refractivity contribution in [2.45, 2.75) is 19.9 Å². The van der Waals surface area contributed by atoms with E-state index < -0.39 is 11.5 Å². The fourth-order valence-electron chi connectivity index (χ4n) is 2.91. The zero-order chi connectivity index (χ0) is 20.8. The van der Waals surface area contributed by atoms with E-state index in [-0.39, 0.29) is 23.6 Å². The maximum Gasteiger partial charge on any atom is 0.263 e. The summed E-state index contributed by atoms with van der Waals surface area (Å²) in [5.41, 5.74) is 3.40. The van der Waals surface area contributed by atoms with Crippen LogP contribution in [0, 0.1) is 6.92 Å². The van der Waals surface area contributed by atoms with Crippen LogP contribution in [-0.2, 0) is 13.0 Å². The Morgan fingerprint density at radius 2 is 1.93 bits per heavy atom. The lowest BCUT2D eigenvalue weighted by molar-refractivity contribution is 0.0953. The fourth-order valence-corrected chi connectivity index (χ4v) is 3.69. The Balaban J connectivity index is 1.83. The molecule has 8 heteroatoms. The molecule has 0 aliphatic heterocycles. The van der Waals surface area contributed by atoms with Crippen LogP contribution in [0.4, 0.5) is 0 Å². The first-order valence-corrected chi connectivity index (χ1v) is 10.0. The third-order valence-electron chi connectivity index (χ3n) is 4.50. The molecule has 3 aromatic rings. The van der Waals surface area contributed by atoms with Gasteiger partial charge in [0.25, 0.3) is 17.4 Å². The maximum atomic E-state index is 12.7.